The fraction of sp³-hybridized carbons (Fsp3) is 0.125. The smallest absolute Gasteiger partial charge is 0.488 e. The van der Waals surface area contributed by atoms with Crippen molar-refractivity contribution in [3.8, 4) is 22.6 Å². The van der Waals surface area contributed by atoms with Crippen LogP contribution in [-0.2, 0) is 11.4 Å². The van der Waals surface area contributed by atoms with Crippen LogP contribution in [0.5, 0.6) is 11.5 Å². The lowest BCUT2D eigenvalue weighted by atomic mass is 10.0. The molecule has 1 N–H and O–H groups in total. The number of hydrogen-bond acceptors (Lipinski definition) is 3. The Balaban J connectivity index is 1.84. The highest BCUT2D eigenvalue weighted by atomic mass is 19.4. The molecular weight excluding hydrogens is 409 g/mol. The van der Waals surface area contributed by atoms with Gasteiger partial charge in [-0.1, -0.05) is 48.0 Å². The number of aliphatic carboxylic acids is 1. The number of alkyl halides is 3. The predicted molar refractivity (Wildman–Crippen MR) is 111 cm³/mol. The van der Waals surface area contributed by atoms with Gasteiger partial charge >= 0.3 is 12.3 Å². The number of carboxylic acids is 1. The van der Waals surface area contributed by atoms with E-state index in [0.717, 1.165) is 17.2 Å². The van der Waals surface area contributed by atoms with Gasteiger partial charge in [-0.05, 0) is 54.0 Å². The van der Waals surface area contributed by atoms with Crippen LogP contribution in [0.15, 0.2) is 72.8 Å². The summed E-state index contributed by atoms with van der Waals surface area (Å²) in [6, 6.07) is 18.4. The Labute approximate surface area is 177 Å². The number of carboxylic acid groups (broad SMARTS) is 1. The minimum atomic E-state index is -4.76. The molecule has 4 nitrogen and oxygen atoms in total. The average Bonchev–Trinajstić information content (AvgIpc) is 2.71. The fourth-order valence-corrected chi connectivity index (χ4v) is 2.85. The van der Waals surface area contributed by atoms with Gasteiger partial charge in [-0.3, -0.25) is 0 Å². The first-order valence-electron chi connectivity index (χ1n) is 9.29. The fourth-order valence-electron chi connectivity index (χ4n) is 2.85. The quantitative estimate of drug-likeness (QED) is 0.453. The zero-order valence-corrected chi connectivity index (χ0v) is 16.5. The van der Waals surface area contributed by atoms with Crippen molar-refractivity contribution in [3.63, 3.8) is 0 Å². The lowest BCUT2D eigenvalue weighted by Gasteiger charge is -2.13. The van der Waals surface area contributed by atoms with Gasteiger partial charge in [0.05, 0.1) is 0 Å². The molecule has 3 aromatic rings. The molecule has 0 fully saturated rings. The first-order valence-corrected chi connectivity index (χ1v) is 9.29. The number of ether oxygens (including phenoxy) is 2. The Morgan fingerprint density at radius 2 is 1.61 bits per heavy atom. The van der Waals surface area contributed by atoms with Crippen molar-refractivity contribution in [2.45, 2.75) is 19.9 Å². The summed E-state index contributed by atoms with van der Waals surface area (Å²) in [5.41, 5.74) is 3.95. The lowest BCUT2D eigenvalue weighted by Crippen LogP contribution is -2.16. The summed E-state index contributed by atoms with van der Waals surface area (Å²) in [4.78, 5) is 11.0. The zero-order valence-electron chi connectivity index (χ0n) is 16.5. The Bertz CT molecular complexity index is 1070. The van der Waals surface area contributed by atoms with E-state index < -0.39 is 12.3 Å². The van der Waals surface area contributed by atoms with E-state index in [2.05, 4.69) is 4.74 Å². The predicted octanol–water partition coefficient (Wildman–Crippen LogP) is 6.24. The van der Waals surface area contributed by atoms with Crippen LogP contribution in [0.2, 0.25) is 0 Å². The van der Waals surface area contributed by atoms with E-state index in [0.29, 0.717) is 29.0 Å². The molecule has 31 heavy (non-hydrogen) atoms. The Morgan fingerprint density at radius 1 is 0.968 bits per heavy atom. The van der Waals surface area contributed by atoms with Crippen molar-refractivity contribution in [2.75, 3.05) is 0 Å². The second kappa shape index (κ2) is 9.38. The van der Waals surface area contributed by atoms with Gasteiger partial charge in [0.2, 0.25) is 0 Å². The Morgan fingerprint density at radius 3 is 2.23 bits per heavy atom. The molecule has 0 saturated heterocycles. The van der Waals surface area contributed by atoms with Gasteiger partial charge in [-0.25, -0.2) is 4.79 Å². The summed E-state index contributed by atoms with van der Waals surface area (Å²) in [5, 5.41) is 8.98. The molecule has 0 heterocycles. The SMILES string of the molecule is Cc1ccc(COc2ccc(-c3ccc(OC(F)(F)F)cc3)cc2/C=C/C(=O)O)cc1. The highest BCUT2D eigenvalue weighted by molar-refractivity contribution is 5.86. The summed E-state index contributed by atoms with van der Waals surface area (Å²) in [5.74, 6) is -0.942. The molecule has 0 aromatic heterocycles. The first-order chi connectivity index (χ1) is 14.7. The molecule has 0 amide bonds. The van der Waals surface area contributed by atoms with Crippen molar-refractivity contribution in [1.82, 2.24) is 0 Å². The zero-order chi connectivity index (χ0) is 22.4. The van der Waals surface area contributed by atoms with E-state index >= 15 is 0 Å². The third kappa shape index (κ3) is 6.64. The highest BCUT2D eigenvalue weighted by Gasteiger charge is 2.30. The van der Waals surface area contributed by atoms with Crippen molar-refractivity contribution in [1.29, 1.82) is 0 Å². The van der Waals surface area contributed by atoms with Crippen molar-refractivity contribution in [2.24, 2.45) is 0 Å². The largest absolute Gasteiger partial charge is 0.573 e. The van der Waals surface area contributed by atoms with Gasteiger partial charge < -0.3 is 14.6 Å². The van der Waals surface area contributed by atoms with Crippen molar-refractivity contribution < 1.29 is 32.5 Å². The van der Waals surface area contributed by atoms with E-state index in [4.69, 9.17) is 9.84 Å². The molecule has 3 aromatic carbocycles. The van der Waals surface area contributed by atoms with E-state index in [1.165, 1.54) is 30.3 Å². The summed E-state index contributed by atoms with van der Waals surface area (Å²) in [6.45, 7) is 2.29. The van der Waals surface area contributed by atoms with E-state index in [9.17, 15) is 18.0 Å². The Kier molecular flexibility index (Phi) is 6.65. The van der Waals surface area contributed by atoms with Crippen molar-refractivity contribution in [3.05, 3.63) is 89.5 Å². The molecule has 0 aliphatic rings. The van der Waals surface area contributed by atoms with Gasteiger partial charge in [0, 0.05) is 11.6 Å². The number of benzene rings is 3. The summed E-state index contributed by atoms with van der Waals surface area (Å²) in [6.07, 6.45) is -2.34. The monoisotopic (exact) mass is 428 g/mol. The van der Waals surface area contributed by atoms with E-state index in [1.54, 1.807) is 18.2 Å². The minimum Gasteiger partial charge on any atom is -0.488 e. The summed E-state index contributed by atoms with van der Waals surface area (Å²) < 4.78 is 46.8. The maximum atomic E-state index is 12.3. The number of aryl methyl sites for hydroxylation is 1. The molecule has 0 radical (unpaired) electrons. The molecule has 7 heteroatoms. The van der Waals surface area contributed by atoms with E-state index in [1.807, 2.05) is 31.2 Å². The highest BCUT2D eigenvalue weighted by Crippen LogP contribution is 2.31. The Hall–Kier alpha value is -3.74. The molecule has 0 aliphatic carbocycles. The number of rotatable bonds is 7. The van der Waals surface area contributed by atoms with Crippen LogP contribution in [0.25, 0.3) is 17.2 Å². The van der Waals surface area contributed by atoms with Crippen LogP contribution in [0.4, 0.5) is 13.2 Å². The third-order valence-corrected chi connectivity index (χ3v) is 4.35. The van der Waals surface area contributed by atoms with Gasteiger partial charge in [0.1, 0.15) is 18.1 Å². The molecule has 0 spiro atoms. The van der Waals surface area contributed by atoms with Gasteiger partial charge in [0.15, 0.2) is 0 Å². The van der Waals surface area contributed by atoms with Gasteiger partial charge in [0.25, 0.3) is 0 Å². The maximum Gasteiger partial charge on any atom is 0.573 e. The van der Waals surface area contributed by atoms with Gasteiger partial charge in [-0.15, -0.1) is 13.2 Å². The third-order valence-electron chi connectivity index (χ3n) is 4.35. The van der Waals surface area contributed by atoms with Crippen LogP contribution in [0.1, 0.15) is 16.7 Å². The summed E-state index contributed by atoms with van der Waals surface area (Å²) >= 11 is 0. The topological polar surface area (TPSA) is 55.8 Å². The molecule has 0 saturated carbocycles. The van der Waals surface area contributed by atoms with Crippen molar-refractivity contribution >= 4 is 12.0 Å². The average molecular weight is 428 g/mol. The lowest BCUT2D eigenvalue weighted by molar-refractivity contribution is -0.274. The van der Waals surface area contributed by atoms with Gasteiger partial charge in [-0.2, -0.15) is 0 Å². The van der Waals surface area contributed by atoms with Crippen LogP contribution < -0.4 is 9.47 Å². The van der Waals surface area contributed by atoms with Crippen LogP contribution in [0, 0.1) is 6.92 Å². The molecular formula is C24H19F3O4. The molecule has 0 aliphatic heterocycles. The second-order valence-electron chi connectivity index (χ2n) is 6.77. The van der Waals surface area contributed by atoms with E-state index in [-0.39, 0.29) is 5.75 Å². The normalized spacial score (nSPS) is 11.5. The van der Waals surface area contributed by atoms with Crippen LogP contribution in [-0.4, -0.2) is 17.4 Å². The molecule has 3 rings (SSSR count). The molecule has 0 bridgehead atoms. The van der Waals surface area contributed by atoms with Crippen LogP contribution >= 0.6 is 0 Å². The maximum absolute atomic E-state index is 12.3. The molecule has 0 unspecified atom stereocenters. The van der Waals surface area contributed by atoms with Crippen LogP contribution in [0.3, 0.4) is 0 Å². The second-order valence-corrected chi connectivity index (χ2v) is 6.77. The standard InChI is InChI=1S/C24H19F3O4/c1-16-2-4-17(5-3-16)15-30-22-12-8-19(14-20(22)9-13-23(28)29)18-6-10-21(11-7-18)31-24(25,26)27/h2-14H,15H2,1H3,(H,28,29)/b13-9+. The minimum absolute atomic E-state index is 0.303. The molecule has 160 valence electrons. The number of hydrogen-bond donors (Lipinski definition) is 1. The number of carbonyl (C=O) groups is 1. The molecule has 0 atom stereocenters. The first kappa shape index (κ1) is 22.0. The summed E-state index contributed by atoms with van der Waals surface area (Å²) in [7, 11) is 0. The number of halogens is 3.